The molecule has 1 unspecified atom stereocenters. The summed E-state index contributed by atoms with van der Waals surface area (Å²) in [6.07, 6.45) is 2.45. The number of hydrogen-bond acceptors (Lipinski definition) is 5. The topological polar surface area (TPSA) is 44.5 Å². The van der Waals surface area contributed by atoms with E-state index in [1.165, 1.54) is 12.8 Å². The van der Waals surface area contributed by atoms with Gasteiger partial charge in [0.2, 0.25) is 0 Å². The summed E-state index contributed by atoms with van der Waals surface area (Å²) in [6, 6.07) is 5.00. The van der Waals surface area contributed by atoms with Crippen molar-refractivity contribution in [3.63, 3.8) is 0 Å². The van der Waals surface area contributed by atoms with E-state index in [9.17, 15) is 0 Å². The third-order valence-electron chi connectivity index (χ3n) is 4.62. The highest BCUT2D eigenvalue weighted by molar-refractivity contribution is 6.31. The van der Waals surface area contributed by atoms with Crippen LogP contribution in [-0.4, -0.2) is 43.7 Å². The molecule has 5 nitrogen and oxygen atoms in total. The monoisotopic (exact) mass is 320 g/mol. The van der Waals surface area contributed by atoms with Crippen LogP contribution in [-0.2, 0) is 0 Å². The molecule has 118 valence electrons. The van der Waals surface area contributed by atoms with Crippen molar-refractivity contribution in [1.29, 1.82) is 0 Å². The predicted molar refractivity (Wildman–Crippen MR) is 90.1 cm³/mol. The van der Waals surface area contributed by atoms with Crippen molar-refractivity contribution in [2.75, 3.05) is 42.5 Å². The van der Waals surface area contributed by atoms with E-state index in [1.807, 2.05) is 12.1 Å². The molecular formula is C16H21ClN4O. The molecule has 6 heteroatoms. The molecule has 0 amide bonds. The van der Waals surface area contributed by atoms with Crippen LogP contribution in [0.3, 0.4) is 0 Å². The Morgan fingerprint density at radius 1 is 1.27 bits per heavy atom. The zero-order valence-electron chi connectivity index (χ0n) is 12.8. The van der Waals surface area contributed by atoms with Crippen molar-refractivity contribution in [1.82, 2.24) is 10.3 Å². The molecule has 22 heavy (non-hydrogen) atoms. The molecule has 2 aliphatic rings. The SMILES string of the molecule is CC1CNCCN1c1nc2cc(Cl)cc(N3CCCC3)c2o1. The molecule has 4 rings (SSSR count). The fraction of sp³-hybridized carbons (Fsp3) is 0.562. The second-order valence-electron chi connectivity index (χ2n) is 6.21. The van der Waals surface area contributed by atoms with Crippen LogP contribution >= 0.6 is 11.6 Å². The largest absolute Gasteiger partial charge is 0.421 e. The van der Waals surface area contributed by atoms with E-state index < -0.39 is 0 Å². The number of aromatic nitrogens is 1. The van der Waals surface area contributed by atoms with Crippen molar-refractivity contribution in [3.05, 3.63) is 17.2 Å². The number of benzene rings is 1. The molecule has 1 aromatic carbocycles. The predicted octanol–water partition coefficient (Wildman–Crippen LogP) is 2.88. The maximum absolute atomic E-state index is 6.29. The summed E-state index contributed by atoms with van der Waals surface area (Å²) >= 11 is 6.29. The van der Waals surface area contributed by atoms with Gasteiger partial charge in [-0.25, -0.2) is 0 Å². The number of hydrogen-bond donors (Lipinski definition) is 1. The second kappa shape index (κ2) is 5.63. The molecule has 0 spiro atoms. The van der Waals surface area contributed by atoms with Gasteiger partial charge in [0.1, 0.15) is 5.52 Å². The molecule has 0 saturated carbocycles. The Morgan fingerprint density at radius 2 is 2.09 bits per heavy atom. The van der Waals surface area contributed by atoms with Crippen molar-refractivity contribution in [3.8, 4) is 0 Å². The molecule has 1 atom stereocenters. The molecular weight excluding hydrogens is 300 g/mol. The van der Waals surface area contributed by atoms with Crippen LogP contribution in [0, 0.1) is 0 Å². The van der Waals surface area contributed by atoms with E-state index in [2.05, 4.69) is 22.0 Å². The summed E-state index contributed by atoms with van der Waals surface area (Å²) < 4.78 is 6.16. The van der Waals surface area contributed by atoms with Gasteiger partial charge in [-0.3, -0.25) is 0 Å². The van der Waals surface area contributed by atoms with E-state index in [0.717, 1.165) is 54.5 Å². The van der Waals surface area contributed by atoms with Gasteiger partial charge >= 0.3 is 0 Å². The Hall–Kier alpha value is -1.46. The maximum Gasteiger partial charge on any atom is 0.298 e. The Bertz CT molecular complexity index is 680. The lowest BCUT2D eigenvalue weighted by atomic mass is 10.2. The van der Waals surface area contributed by atoms with Gasteiger partial charge in [0, 0.05) is 43.8 Å². The number of nitrogens with one attached hydrogen (secondary N) is 1. The van der Waals surface area contributed by atoms with Crippen molar-refractivity contribution in [2.24, 2.45) is 0 Å². The van der Waals surface area contributed by atoms with E-state index in [4.69, 9.17) is 21.0 Å². The normalized spacial score (nSPS) is 22.7. The Labute approximate surface area is 135 Å². The van der Waals surface area contributed by atoms with Crippen LogP contribution in [0.5, 0.6) is 0 Å². The highest BCUT2D eigenvalue weighted by atomic mass is 35.5. The molecule has 0 radical (unpaired) electrons. The van der Waals surface area contributed by atoms with Gasteiger partial charge in [0.25, 0.3) is 6.01 Å². The highest BCUT2D eigenvalue weighted by Gasteiger charge is 2.25. The van der Waals surface area contributed by atoms with Crippen LogP contribution in [0.15, 0.2) is 16.5 Å². The van der Waals surface area contributed by atoms with Crippen LogP contribution in [0.25, 0.3) is 11.1 Å². The van der Waals surface area contributed by atoms with Crippen molar-refractivity contribution < 1.29 is 4.42 Å². The number of piperazine rings is 1. The summed E-state index contributed by atoms with van der Waals surface area (Å²) in [6.45, 7) is 7.16. The molecule has 2 aliphatic heterocycles. The average molecular weight is 321 g/mol. The Balaban J connectivity index is 1.77. The van der Waals surface area contributed by atoms with Gasteiger partial charge in [-0.05, 0) is 31.9 Å². The third-order valence-corrected chi connectivity index (χ3v) is 4.84. The smallest absolute Gasteiger partial charge is 0.298 e. The molecule has 2 aromatic rings. The van der Waals surface area contributed by atoms with Gasteiger partial charge in [-0.15, -0.1) is 0 Å². The zero-order valence-corrected chi connectivity index (χ0v) is 13.6. The standard InChI is InChI=1S/C16H21ClN4O/c1-11-10-18-4-7-21(11)16-19-13-8-12(17)9-14(15(13)22-16)20-5-2-3-6-20/h8-9,11,18H,2-7,10H2,1H3. The number of rotatable bonds is 2. The van der Waals surface area contributed by atoms with Gasteiger partial charge in [-0.1, -0.05) is 11.6 Å². The van der Waals surface area contributed by atoms with E-state index >= 15 is 0 Å². The number of anilines is 2. The molecule has 2 saturated heterocycles. The summed E-state index contributed by atoms with van der Waals surface area (Å²) in [5.41, 5.74) is 2.81. The van der Waals surface area contributed by atoms with E-state index in [0.29, 0.717) is 12.1 Å². The van der Waals surface area contributed by atoms with Gasteiger partial charge in [-0.2, -0.15) is 4.98 Å². The second-order valence-corrected chi connectivity index (χ2v) is 6.65. The Kier molecular flexibility index (Phi) is 3.62. The summed E-state index contributed by atoms with van der Waals surface area (Å²) in [5, 5.41) is 4.12. The quantitative estimate of drug-likeness (QED) is 0.922. The zero-order chi connectivity index (χ0) is 15.1. The lowest BCUT2D eigenvalue weighted by Crippen LogP contribution is -2.50. The van der Waals surface area contributed by atoms with Gasteiger partial charge in [0.15, 0.2) is 5.58 Å². The molecule has 1 N–H and O–H groups in total. The molecule has 0 bridgehead atoms. The molecule has 3 heterocycles. The third kappa shape index (κ3) is 2.42. The fourth-order valence-corrected chi connectivity index (χ4v) is 3.62. The number of oxazole rings is 1. The van der Waals surface area contributed by atoms with Gasteiger partial charge in [0.05, 0.1) is 5.69 Å². The first-order chi connectivity index (χ1) is 10.7. The highest BCUT2D eigenvalue weighted by Crippen LogP contribution is 2.35. The summed E-state index contributed by atoms with van der Waals surface area (Å²) in [4.78, 5) is 9.29. The van der Waals surface area contributed by atoms with E-state index in [-0.39, 0.29) is 0 Å². The fourth-order valence-electron chi connectivity index (χ4n) is 3.41. The van der Waals surface area contributed by atoms with Crippen LogP contribution in [0.1, 0.15) is 19.8 Å². The van der Waals surface area contributed by atoms with Crippen molar-refractivity contribution >= 4 is 34.4 Å². The minimum Gasteiger partial charge on any atom is -0.421 e. The molecule has 0 aliphatic carbocycles. The maximum atomic E-state index is 6.29. The first-order valence-corrected chi connectivity index (χ1v) is 8.42. The van der Waals surface area contributed by atoms with Crippen LogP contribution in [0.2, 0.25) is 5.02 Å². The Morgan fingerprint density at radius 3 is 2.86 bits per heavy atom. The van der Waals surface area contributed by atoms with Crippen LogP contribution < -0.4 is 15.1 Å². The summed E-state index contributed by atoms with van der Waals surface area (Å²) in [7, 11) is 0. The number of fused-ring (bicyclic) bond motifs is 1. The van der Waals surface area contributed by atoms with Crippen LogP contribution in [0.4, 0.5) is 11.7 Å². The van der Waals surface area contributed by atoms with E-state index in [1.54, 1.807) is 0 Å². The first-order valence-electron chi connectivity index (χ1n) is 8.05. The first kappa shape index (κ1) is 14.2. The van der Waals surface area contributed by atoms with Crippen molar-refractivity contribution in [2.45, 2.75) is 25.8 Å². The molecule has 1 aromatic heterocycles. The lowest BCUT2D eigenvalue weighted by Gasteiger charge is -2.32. The number of halogens is 1. The summed E-state index contributed by atoms with van der Waals surface area (Å²) in [5.74, 6) is 0. The average Bonchev–Trinajstić information content (AvgIpc) is 3.15. The minimum atomic E-state index is 0.382. The lowest BCUT2D eigenvalue weighted by molar-refractivity contribution is 0.456. The molecule has 2 fully saturated rings. The minimum absolute atomic E-state index is 0.382. The van der Waals surface area contributed by atoms with Gasteiger partial charge < -0.3 is 19.5 Å². The number of nitrogens with zero attached hydrogens (tertiary/aromatic N) is 3.